The highest BCUT2D eigenvalue weighted by molar-refractivity contribution is 6.36. The van der Waals surface area contributed by atoms with E-state index in [1.54, 1.807) is 0 Å². The van der Waals surface area contributed by atoms with Crippen LogP contribution in [-0.2, 0) is 14.2 Å². The van der Waals surface area contributed by atoms with E-state index in [4.69, 9.17) is 32.7 Å². The minimum Gasteiger partial charge on any atom is -0.464 e. The van der Waals surface area contributed by atoms with Gasteiger partial charge >= 0.3 is 5.97 Å². The predicted octanol–water partition coefficient (Wildman–Crippen LogP) is 1.79. The molecule has 0 bridgehead atoms. The third-order valence-corrected chi connectivity index (χ3v) is 3.19. The summed E-state index contributed by atoms with van der Waals surface area (Å²) in [6.07, 6.45) is 0.209. The molecule has 1 aromatic rings. The van der Waals surface area contributed by atoms with E-state index in [0.717, 1.165) is 6.61 Å². The van der Waals surface area contributed by atoms with Gasteiger partial charge in [0.1, 0.15) is 11.1 Å². The number of hydrogen-bond acceptors (Lipinski definition) is 7. The number of carbonyl (C=O) groups is 1. The van der Waals surface area contributed by atoms with Gasteiger partial charge in [0.25, 0.3) is 0 Å². The van der Waals surface area contributed by atoms with Gasteiger partial charge in [-0.15, -0.1) is 0 Å². The first-order valence-corrected chi connectivity index (χ1v) is 7.04. The molecular weight excluding hydrogens is 321 g/mol. The number of carbonyl (C=O) groups excluding carboxylic acids is 1. The van der Waals surface area contributed by atoms with Crippen LogP contribution in [-0.4, -0.2) is 55.0 Å². The maximum absolute atomic E-state index is 11.6. The number of hydrogen-bond donors (Lipinski definition) is 1. The summed E-state index contributed by atoms with van der Waals surface area (Å²) in [5, 5.41) is 2.99. The van der Waals surface area contributed by atoms with E-state index in [9.17, 15) is 4.79 Å². The average molecular weight is 336 g/mol. The molecule has 2 rings (SSSR count). The van der Waals surface area contributed by atoms with Crippen molar-refractivity contribution < 1.29 is 19.0 Å². The number of epoxide rings is 1. The SMILES string of the molecule is COC(=O)c1nc(Cl)nc(NC(C)COC[C@@H]2CO2)c1Cl. The second kappa shape index (κ2) is 7.22. The third kappa shape index (κ3) is 4.67. The summed E-state index contributed by atoms with van der Waals surface area (Å²) in [5.74, 6) is -0.419. The zero-order valence-electron chi connectivity index (χ0n) is 11.6. The minimum absolute atomic E-state index is 0.0589. The summed E-state index contributed by atoms with van der Waals surface area (Å²) in [4.78, 5) is 19.3. The van der Waals surface area contributed by atoms with Crippen molar-refractivity contribution in [3.63, 3.8) is 0 Å². The lowest BCUT2D eigenvalue weighted by Crippen LogP contribution is -2.24. The Hall–Kier alpha value is -1.15. The number of anilines is 1. The first-order valence-electron chi connectivity index (χ1n) is 6.28. The molecule has 0 aromatic carbocycles. The molecule has 116 valence electrons. The number of nitrogens with one attached hydrogen (secondary N) is 1. The number of methoxy groups -OCH3 is 1. The lowest BCUT2D eigenvalue weighted by Gasteiger charge is -2.16. The Morgan fingerprint density at radius 3 is 2.86 bits per heavy atom. The van der Waals surface area contributed by atoms with Crippen LogP contribution in [0.1, 0.15) is 17.4 Å². The molecule has 7 nitrogen and oxygen atoms in total. The molecule has 21 heavy (non-hydrogen) atoms. The molecular formula is C12H15Cl2N3O4. The van der Waals surface area contributed by atoms with E-state index in [1.807, 2.05) is 6.92 Å². The van der Waals surface area contributed by atoms with Crippen molar-refractivity contribution in [2.75, 3.05) is 32.2 Å². The molecule has 1 fully saturated rings. The van der Waals surface area contributed by atoms with Crippen molar-refractivity contribution in [2.45, 2.75) is 19.1 Å². The summed E-state index contributed by atoms with van der Waals surface area (Å²) >= 11 is 11.9. The first kappa shape index (κ1) is 16.2. The first-order chi connectivity index (χ1) is 10.0. The Labute approximate surface area is 131 Å². The standard InChI is InChI=1S/C12H15Cl2N3O4/c1-6(3-20-4-7-5-21-7)15-10-8(13)9(11(18)19-2)16-12(14)17-10/h6-7H,3-5H2,1-2H3,(H,15,16,17)/t6?,7-/m1/s1. The van der Waals surface area contributed by atoms with E-state index in [0.29, 0.717) is 13.2 Å². The number of ether oxygens (including phenoxy) is 3. The van der Waals surface area contributed by atoms with Crippen molar-refractivity contribution in [3.05, 3.63) is 16.0 Å². The van der Waals surface area contributed by atoms with E-state index in [1.165, 1.54) is 7.11 Å². The fraction of sp³-hybridized carbons (Fsp3) is 0.583. The maximum atomic E-state index is 11.6. The van der Waals surface area contributed by atoms with Crippen molar-refractivity contribution in [2.24, 2.45) is 0 Å². The number of rotatable bonds is 7. The topological polar surface area (TPSA) is 85.9 Å². The summed E-state index contributed by atoms with van der Waals surface area (Å²) in [6.45, 7) is 3.62. The minimum atomic E-state index is -0.679. The predicted molar refractivity (Wildman–Crippen MR) is 77.0 cm³/mol. The maximum Gasteiger partial charge on any atom is 0.358 e. The highest BCUT2D eigenvalue weighted by Gasteiger charge is 2.23. The van der Waals surface area contributed by atoms with E-state index < -0.39 is 5.97 Å². The van der Waals surface area contributed by atoms with Gasteiger partial charge in [-0.25, -0.2) is 9.78 Å². The van der Waals surface area contributed by atoms with Crippen LogP contribution < -0.4 is 5.32 Å². The Morgan fingerprint density at radius 1 is 1.52 bits per heavy atom. The lowest BCUT2D eigenvalue weighted by molar-refractivity contribution is 0.0594. The molecule has 1 unspecified atom stereocenters. The Balaban J connectivity index is 2.00. The fourth-order valence-corrected chi connectivity index (χ4v) is 1.95. The van der Waals surface area contributed by atoms with Gasteiger partial charge in [0.15, 0.2) is 11.5 Å². The van der Waals surface area contributed by atoms with Gasteiger partial charge in [-0.2, -0.15) is 4.98 Å². The number of nitrogens with zero attached hydrogens (tertiary/aromatic N) is 2. The normalized spacial score (nSPS) is 18.2. The molecule has 1 aliphatic rings. The van der Waals surface area contributed by atoms with Crippen LogP contribution in [0.3, 0.4) is 0 Å². The summed E-state index contributed by atoms with van der Waals surface area (Å²) in [6, 6.07) is -0.0855. The molecule has 1 saturated heterocycles. The van der Waals surface area contributed by atoms with Gasteiger partial charge < -0.3 is 19.5 Å². The van der Waals surface area contributed by atoms with Crippen molar-refractivity contribution in [1.82, 2.24) is 9.97 Å². The molecule has 2 heterocycles. The summed E-state index contributed by atoms with van der Waals surface area (Å²) in [5.41, 5.74) is -0.0823. The molecule has 2 atom stereocenters. The Morgan fingerprint density at radius 2 is 2.24 bits per heavy atom. The van der Waals surface area contributed by atoms with Crippen molar-refractivity contribution in [3.8, 4) is 0 Å². The van der Waals surface area contributed by atoms with Crippen LogP contribution in [0.15, 0.2) is 0 Å². The van der Waals surface area contributed by atoms with Gasteiger partial charge in [-0.1, -0.05) is 11.6 Å². The van der Waals surface area contributed by atoms with Gasteiger partial charge in [0.05, 0.1) is 26.9 Å². The van der Waals surface area contributed by atoms with E-state index in [-0.39, 0.29) is 34.0 Å². The molecule has 0 amide bonds. The van der Waals surface area contributed by atoms with Crippen LogP contribution in [0.4, 0.5) is 5.82 Å². The largest absolute Gasteiger partial charge is 0.464 e. The van der Waals surface area contributed by atoms with Crippen LogP contribution >= 0.6 is 23.2 Å². The third-order valence-electron chi connectivity index (χ3n) is 2.66. The van der Waals surface area contributed by atoms with Crippen LogP contribution in [0.2, 0.25) is 10.3 Å². The molecule has 1 aliphatic heterocycles. The van der Waals surface area contributed by atoms with Crippen LogP contribution in [0, 0.1) is 0 Å². The summed E-state index contributed by atoms with van der Waals surface area (Å²) < 4.78 is 15.1. The molecule has 1 aromatic heterocycles. The number of aromatic nitrogens is 2. The van der Waals surface area contributed by atoms with Gasteiger partial charge in [0, 0.05) is 6.04 Å². The highest BCUT2D eigenvalue weighted by Crippen LogP contribution is 2.25. The van der Waals surface area contributed by atoms with Gasteiger partial charge in [0.2, 0.25) is 5.28 Å². The Kier molecular flexibility index (Phi) is 5.58. The van der Waals surface area contributed by atoms with E-state index >= 15 is 0 Å². The highest BCUT2D eigenvalue weighted by atomic mass is 35.5. The quantitative estimate of drug-likeness (QED) is 0.461. The molecule has 1 N–H and O–H groups in total. The van der Waals surface area contributed by atoms with Crippen LogP contribution in [0.5, 0.6) is 0 Å². The zero-order chi connectivity index (χ0) is 15.4. The smallest absolute Gasteiger partial charge is 0.358 e. The lowest BCUT2D eigenvalue weighted by atomic mass is 10.3. The number of halogens is 2. The Bertz CT molecular complexity index is 525. The van der Waals surface area contributed by atoms with Gasteiger partial charge in [-0.05, 0) is 18.5 Å². The summed E-state index contributed by atoms with van der Waals surface area (Å²) in [7, 11) is 1.23. The zero-order valence-corrected chi connectivity index (χ0v) is 13.1. The molecule has 0 aliphatic carbocycles. The fourth-order valence-electron chi connectivity index (χ4n) is 1.56. The van der Waals surface area contributed by atoms with Crippen molar-refractivity contribution in [1.29, 1.82) is 0 Å². The van der Waals surface area contributed by atoms with Gasteiger partial charge in [-0.3, -0.25) is 0 Å². The second-order valence-electron chi connectivity index (χ2n) is 4.53. The van der Waals surface area contributed by atoms with Crippen LogP contribution in [0.25, 0.3) is 0 Å². The second-order valence-corrected chi connectivity index (χ2v) is 5.25. The average Bonchev–Trinajstić information content (AvgIpc) is 3.25. The molecule has 0 radical (unpaired) electrons. The molecule has 9 heteroatoms. The van der Waals surface area contributed by atoms with E-state index in [2.05, 4.69) is 20.0 Å². The number of esters is 1. The monoisotopic (exact) mass is 335 g/mol. The van der Waals surface area contributed by atoms with Crippen molar-refractivity contribution >= 4 is 35.0 Å². The molecule has 0 saturated carbocycles. The molecule has 0 spiro atoms.